The molecule has 0 saturated carbocycles. The Bertz CT molecular complexity index is 727. The molecule has 142 valence electrons. The third-order valence-corrected chi connectivity index (χ3v) is 5.31. The van der Waals surface area contributed by atoms with Crippen molar-refractivity contribution in [3.05, 3.63) is 34.9 Å². The van der Waals surface area contributed by atoms with Crippen molar-refractivity contribution in [3.63, 3.8) is 0 Å². The standard InChI is InChI=1S/C18H22F2N2O4/c1-26-18(25)16-5-10(23)8-22(16)17(24)7-15(21)11-3-2-9-4-13(19)14(20)6-12(9)11/h4,6,10-11,15-16,23H,2-3,5,7-8,21H2,1H3. The minimum Gasteiger partial charge on any atom is -0.467 e. The molecule has 4 unspecified atom stereocenters. The zero-order valence-corrected chi connectivity index (χ0v) is 14.5. The number of aryl methyl sites for hydroxylation is 1. The van der Waals surface area contributed by atoms with E-state index in [1.54, 1.807) is 0 Å². The van der Waals surface area contributed by atoms with Crippen LogP contribution in [0.5, 0.6) is 0 Å². The summed E-state index contributed by atoms with van der Waals surface area (Å²) < 4.78 is 31.6. The molecule has 1 aliphatic carbocycles. The number of benzene rings is 1. The maximum absolute atomic E-state index is 13.6. The molecule has 1 aromatic rings. The van der Waals surface area contributed by atoms with E-state index in [4.69, 9.17) is 5.73 Å². The Balaban J connectivity index is 1.71. The molecule has 0 bridgehead atoms. The third-order valence-electron chi connectivity index (χ3n) is 5.31. The van der Waals surface area contributed by atoms with Gasteiger partial charge in [-0.15, -0.1) is 0 Å². The Labute approximate surface area is 149 Å². The summed E-state index contributed by atoms with van der Waals surface area (Å²) in [4.78, 5) is 25.7. The summed E-state index contributed by atoms with van der Waals surface area (Å²) in [5, 5.41) is 9.79. The van der Waals surface area contributed by atoms with E-state index in [9.17, 15) is 23.5 Å². The number of β-amino-alcohol motifs (C(OH)–C–C–N with tert-alkyl or cyclic N) is 1. The van der Waals surface area contributed by atoms with E-state index in [1.807, 2.05) is 0 Å². The molecule has 1 fully saturated rings. The van der Waals surface area contributed by atoms with Gasteiger partial charge in [0.25, 0.3) is 0 Å². The fraction of sp³-hybridized carbons (Fsp3) is 0.556. The molecule has 1 aliphatic heterocycles. The number of esters is 1. The largest absolute Gasteiger partial charge is 0.467 e. The molecular formula is C18H22F2N2O4. The first-order valence-electron chi connectivity index (χ1n) is 8.60. The van der Waals surface area contributed by atoms with Gasteiger partial charge in [0.15, 0.2) is 11.6 Å². The topological polar surface area (TPSA) is 92.9 Å². The fourth-order valence-electron chi connectivity index (χ4n) is 3.99. The first-order chi connectivity index (χ1) is 12.3. The molecule has 0 aromatic heterocycles. The van der Waals surface area contributed by atoms with Crippen LogP contribution in [0.25, 0.3) is 0 Å². The third kappa shape index (κ3) is 3.43. The highest BCUT2D eigenvalue weighted by atomic mass is 19.2. The first kappa shape index (κ1) is 18.7. The van der Waals surface area contributed by atoms with Crippen LogP contribution >= 0.6 is 0 Å². The Morgan fingerprint density at radius 1 is 1.38 bits per heavy atom. The lowest BCUT2D eigenvalue weighted by Gasteiger charge is -2.26. The normalized spacial score (nSPS) is 25.9. The number of carbonyl (C=O) groups is 2. The molecule has 1 saturated heterocycles. The summed E-state index contributed by atoms with van der Waals surface area (Å²) in [6.07, 6.45) is 0.471. The molecule has 1 aromatic carbocycles. The predicted octanol–water partition coefficient (Wildman–Crippen LogP) is 0.847. The highest BCUT2D eigenvalue weighted by Crippen LogP contribution is 2.37. The number of halogens is 2. The SMILES string of the molecule is COC(=O)C1CC(O)CN1C(=O)CC(N)C1CCc2cc(F)c(F)cc21. The van der Waals surface area contributed by atoms with Crippen LogP contribution in [0.3, 0.4) is 0 Å². The van der Waals surface area contributed by atoms with Crippen molar-refractivity contribution in [2.24, 2.45) is 5.73 Å². The van der Waals surface area contributed by atoms with Crippen LogP contribution in [-0.2, 0) is 20.7 Å². The summed E-state index contributed by atoms with van der Waals surface area (Å²) in [7, 11) is 1.23. The molecule has 0 radical (unpaired) electrons. The molecular weight excluding hydrogens is 346 g/mol. The molecule has 6 nitrogen and oxygen atoms in total. The van der Waals surface area contributed by atoms with Gasteiger partial charge in [-0.2, -0.15) is 0 Å². The van der Waals surface area contributed by atoms with Gasteiger partial charge in [0.1, 0.15) is 6.04 Å². The van der Waals surface area contributed by atoms with E-state index in [1.165, 1.54) is 18.1 Å². The maximum atomic E-state index is 13.6. The van der Waals surface area contributed by atoms with Gasteiger partial charge < -0.3 is 20.5 Å². The van der Waals surface area contributed by atoms with Crippen molar-refractivity contribution in [3.8, 4) is 0 Å². The van der Waals surface area contributed by atoms with Crippen molar-refractivity contribution >= 4 is 11.9 Å². The van der Waals surface area contributed by atoms with E-state index in [2.05, 4.69) is 4.74 Å². The van der Waals surface area contributed by atoms with Crippen molar-refractivity contribution in [1.29, 1.82) is 0 Å². The summed E-state index contributed by atoms with van der Waals surface area (Å²) in [6, 6.07) is 0.925. The quantitative estimate of drug-likeness (QED) is 0.769. The van der Waals surface area contributed by atoms with E-state index in [0.29, 0.717) is 24.0 Å². The van der Waals surface area contributed by atoms with Crippen LogP contribution in [0.4, 0.5) is 8.78 Å². The van der Waals surface area contributed by atoms with Crippen LogP contribution in [-0.4, -0.2) is 53.7 Å². The number of aliphatic hydroxyl groups excluding tert-OH is 1. The molecule has 3 rings (SSSR count). The van der Waals surface area contributed by atoms with Crippen LogP contribution in [0.15, 0.2) is 12.1 Å². The van der Waals surface area contributed by atoms with E-state index in [0.717, 1.165) is 6.07 Å². The number of fused-ring (bicyclic) bond motifs is 1. The Morgan fingerprint density at radius 3 is 2.77 bits per heavy atom. The van der Waals surface area contributed by atoms with Gasteiger partial charge in [0.05, 0.1) is 13.2 Å². The van der Waals surface area contributed by atoms with Gasteiger partial charge in [-0.05, 0) is 36.1 Å². The number of nitrogens with two attached hydrogens (primary N) is 1. The predicted molar refractivity (Wildman–Crippen MR) is 88.2 cm³/mol. The van der Waals surface area contributed by atoms with E-state index < -0.39 is 35.8 Å². The Morgan fingerprint density at radius 2 is 2.08 bits per heavy atom. The number of carbonyl (C=O) groups excluding carboxylic acids is 2. The number of amides is 1. The molecule has 1 amide bonds. The summed E-state index contributed by atoms with van der Waals surface area (Å²) in [5.41, 5.74) is 7.54. The summed E-state index contributed by atoms with van der Waals surface area (Å²) in [5.74, 6) is -3.01. The van der Waals surface area contributed by atoms with Crippen LogP contribution < -0.4 is 5.73 Å². The number of nitrogens with zero attached hydrogens (tertiary/aromatic N) is 1. The number of aliphatic hydroxyl groups is 1. The van der Waals surface area contributed by atoms with Gasteiger partial charge >= 0.3 is 5.97 Å². The number of methoxy groups -OCH3 is 1. The molecule has 3 N–H and O–H groups in total. The van der Waals surface area contributed by atoms with E-state index >= 15 is 0 Å². The highest BCUT2D eigenvalue weighted by molar-refractivity contribution is 5.85. The molecule has 26 heavy (non-hydrogen) atoms. The van der Waals surface area contributed by atoms with Crippen LogP contribution in [0.1, 0.15) is 36.3 Å². The van der Waals surface area contributed by atoms with Gasteiger partial charge in [-0.25, -0.2) is 13.6 Å². The lowest BCUT2D eigenvalue weighted by atomic mass is 9.91. The molecule has 2 aliphatic rings. The number of rotatable bonds is 4. The first-order valence-corrected chi connectivity index (χ1v) is 8.60. The average molecular weight is 368 g/mol. The number of ether oxygens (including phenoxy) is 1. The minimum atomic E-state index is -0.928. The average Bonchev–Trinajstić information content (AvgIpc) is 3.18. The number of hydrogen-bond acceptors (Lipinski definition) is 5. The maximum Gasteiger partial charge on any atom is 0.328 e. The monoisotopic (exact) mass is 368 g/mol. The highest BCUT2D eigenvalue weighted by Gasteiger charge is 2.40. The van der Waals surface area contributed by atoms with Crippen molar-refractivity contribution in [2.45, 2.75) is 49.8 Å². The van der Waals surface area contributed by atoms with Gasteiger partial charge in [-0.3, -0.25) is 4.79 Å². The lowest BCUT2D eigenvalue weighted by molar-refractivity contribution is -0.151. The second-order valence-corrected chi connectivity index (χ2v) is 6.95. The second-order valence-electron chi connectivity index (χ2n) is 6.95. The lowest BCUT2D eigenvalue weighted by Crippen LogP contribution is -2.44. The molecule has 1 heterocycles. The fourth-order valence-corrected chi connectivity index (χ4v) is 3.99. The molecule has 0 spiro atoms. The summed E-state index contributed by atoms with van der Waals surface area (Å²) in [6.45, 7) is 0.0480. The molecule has 4 atom stereocenters. The van der Waals surface area contributed by atoms with Crippen molar-refractivity contribution in [2.75, 3.05) is 13.7 Å². The van der Waals surface area contributed by atoms with Gasteiger partial charge in [0.2, 0.25) is 5.91 Å². The van der Waals surface area contributed by atoms with Crippen molar-refractivity contribution < 1.29 is 28.2 Å². The Kier molecular flexibility index (Phi) is 5.24. The smallest absolute Gasteiger partial charge is 0.328 e. The van der Waals surface area contributed by atoms with E-state index in [-0.39, 0.29) is 31.2 Å². The van der Waals surface area contributed by atoms with Crippen molar-refractivity contribution in [1.82, 2.24) is 4.90 Å². The van der Waals surface area contributed by atoms with Crippen LogP contribution in [0, 0.1) is 11.6 Å². The molecule has 8 heteroatoms. The summed E-state index contributed by atoms with van der Waals surface area (Å²) >= 11 is 0. The zero-order chi connectivity index (χ0) is 19.0. The van der Waals surface area contributed by atoms with Crippen LogP contribution in [0.2, 0.25) is 0 Å². The minimum absolute atomic E-state index is 0.0480. The number of likely N-dealkylation sites (tertiary alicyclic amines) is 1. The van der Waals surface area contributed by atoms with Gasteiger partial charge in [0, 0.05) is 31.3 Å². The van der Waals surface area contributed by atoms with Gasteiger partial charge in [-0.1, -0.05) is 0 Å². The zero-order valence-electron chi connectivity index (χ0n) is 14.5. The Hall–Kier alpha value is -2.06. The second kappa shape index (κ2) is 7.28. The number of hydrogen-bond donors (Lipinski definition) is 2.